The zero-order chi connectivity index (χ0) is 14.5. The molecule has 1 saturated heterocycles. The van der Waals surface area contributed by atoms with Crippen LogP contribution in [0.2, 0.25) is 0 Å². The van der Waals surface area contributed by atoms with Crippen LogP contribution in [0.3, 0.4) is 0 Å². The Hall–Kier alpha value is -1.72. The molecule has 3 rings (SSSR count). The first kappa shape index (κ1) is 14.2. The molecular weight excluding hydrogens is 264 g/mol. The Labute approximate surface area is 125 Å². The number of hydrogen-bond donors (Lipinski definition) is 1. The molecule has 0 saturated carbocycles. The van der Waals surface area contributed by atoms with Gasteiger partial charge in [0.1, 0.15) is 0 Å². The highest BCUT2D eigenvalue weighted by atomic mass is 16.5. The highest BCUT2D eigenvalue weighted by molar-refractivity contribution is 5.17. The van der Waals surface area contributed by atoms with Crippen LogP contribution in [0.1, 0.15) is 30.1 Å². The van der Waals surface area contributed by atoms with Crippen molar-refractivity contribution < 1.29 is 4.52 Å². The first-order valence-corrected chi connectivity index (χ1v) is 7.58. The van der Waals surface area contributed by atoms with Crippen LogP contribution < -0.4 is 5.32 Å². The molecule has 1 aliphatic heterocycles. The van der Waals surface area contributed by atoms with E-state index in [0.29, 0.717) is 18.4 Å². The SMILES string of the molecule is CNC1CCCN(Cc2noc(Cc3ccccc3)n2)C1. The average Bonchev–Trinajstić information content (AvgIpc) is 2.95. The van der Waals surface area contributed by atoms with Gasteiger partial charge in [0.05, 0.1) is 13.0 Å². The summed E-state index contributed by atoms with van der Waals surface area (Å²) in [7, 11) is 2.03. The molecule has 1 fully saturated rings. The molecule has 1 atom stereocenters. The normalized spacial score (nSPS) is 19.8. The Morgan fingerprint density at radius 2 is 2.19 bits per heavy atom. The Morgan fingerprint density at radius 1 is 1.33 bits per heavy atom. The van der Waals surface area contributed by atoms with Crippen LogP contribution in [0.4, 0.5) is 0 Å². The average molecular weight is 286 g/mol. The summed E-state index contributed by atoms with van der Waals surface area (Å²) in [5.41, 5.74) is 1.20. The first-order chi connectivity index (χ1) is 10.3. The summed E-state index contributed by atoms with van der Waals surface area (Å²) < 4.78 is 5.36. The van der Waals surface area contributed by atoms with Gasteiger partial charge in [-0.1, -0.05) is 35.5 Å². The quantitative estimate of drug-likeness (QED) is 0.909. The van der Waals surface area contributed by atoms with E-state index in [1.807, 2.05) is 25.2 Å². The molecule has 5 heteroatoms. The summed E-state index contributed by atoms with van der Waals surface area (Å²) >= 11 is 0. The number of nitrogens with one attached hydrogen (secondary N) is 1. The van der Waals surface area contributed by atoms with Gasteiger partial charge in [0.25, 0.3) is 0 Å². The molecule has 1 aromatic heterocycles. The Kier molecular flexibility index (Phi) is 4.62. The molecule has 0 spiro atoms. The predicted octanol–water partition coefficient (Wildman–Crippen LogP) is 1.84. The molecule has 0 radical (unpaired) electrons. The van der Waals surface area contributed by atoms with Crippen LogP contribution in [0.15, 0.2) is 34.9 Å². The lowest BCUT2D eigenvalue weighted by Crippen LogP contribution is -2.44. The maximum absolute atomic E-state index is 5.36. The smallest absolute Gasteiger partial charge is 0.231 e. The van der Waals surface area contributed by atoms with Crippen molar-refractivity contribution in [3.8, 4) is 0 Å². The summed E-state index contributed by atoms with van der Waals surface area (Å²) in [6, 6.07) is 10.8. The molecule has 1 N–H and O–H groups in total. The van der Waals surface area contributed by atoms with Crippen LogP contribution in [0.5, 0.6) is 0 Å². The van der Waals surface area contributed by atoms with Crippen LogP contribution in [0.25, 0.3) is 0 Å². The first-order valence-electron chi connectivity index (χ1n) is 7.58. The van der Waals surface area contributed by atoms with Crippen molar-refractivity contribution in [2.75, 3.05) is 20.1 Å². The van der Waals surface area contributed by atoms with E-state index in [1.165, 1.54) is 18.4 Å². The van der Waals surface area contributed by atoms with Gasteiger partial charge in [0.2, 0.25) is 5.89 Å². The fourth-order valence-corrected chi connectivity index (χ4v) is 2.83. The highest BCUT2D eigenvalue weighted by Gasteiger charge is 2.20. The lowest BCUT2D eigenvalue weighted by molar-refractivity contribution is 0.182. The number of hydrogen-bond acceptors (Lipinski definition) is 5. The number of benzene rings is 1. The van der Waals surface area contributed by atoms with E-state index in [9.17, 15) is 0 Å². The van der Waals surface area contributed by atoms with E-state index >= 15 is 0 Å². The van der Waals surface area contributed by atoms with Gasteiger partial charge in [0, 0.05) is 12.6 Å². The third-order valence-corrected chi connectivity index (χ3v) is 3.99. The summed E-state index contributed by atoms with van der Waals surface area (Å²) in [6.45, 7) is 2.94. The minimum absolute atomic E-state index is 0.578. The van der Waals surface area contributed by atoms with Gasteiger partial charge >= 0.3 is 0 Å². The maximum atomic E-state index is 5.36. The Bertz CT molecular complexity index is 554. The van der Waals surface area contributed by atoms with Crippen LogP contribution >= 0.6 is 0 Å². The molecule has 0 amide bonds. The summed E-state index contributed by atoms with van der Waals surface area (Å²) in [5.74, 6) is 1.48. The lowest BCUT2D eigenvalue weighted by Gasteiger charge is -2.31. The molecule has 5 nitrogen and oxygen atoms in total. The van der Waals surface area contributed by atoms with Gasteiger partial charge in [0.15, 0.2) is 5.82 Å². The highest BCUT2D eigenvalue weighted by Crippen LogP contribution is 2.13. The molecule has 1 aromatic carbocycles. The molecule has 0 aliphatic carbocycles. The number of likely N-dealkylation sites (tertiary alicyclic amines) is 1. The molecule has 21 heavy (non-hydrogen) atoms. The predicted molar refractivity (Wildman–Crippen MR) is 80.9 cm³/mol. The van der Waals surface area contributed by atoms with E-state index in [1.54, 1.807) is 0 Å². The lowest BCUT2D eigenvalue weighted by atomic mass is 10.1. The van der Waals surface area contributed by atoms with Gasteiger partial charge in [-0.25, -0.2) is 0 Å². The fraction of sp³-hybridized carbons (Fsp3) is 0.500. The second-order valence-electron chi connectivity index (χ2n) is 5.63. The zero-order valence-corrected chi connectivity index (χ0v) is 12.5. The van der Waals surface area contributed by atoms with E-state index in [0.717, 1.165) is 25.5 Å². The second-order valence-corrected chi connectivity index (χ2v) is 5.63. The minimum Gasteiger partial charge on any atom is -0.339 e. The second kappa shape index (κ2) is 6.83. The van der Waals surface area contributed by atoms with Crippen molar-refractivity contribution >= 4 is 0 Å². The molecule has 1 aliphatic rings. The molecule has 2 heterocycles. The summed E-state index contributed by atoms with van der Waals surface area (Å²) in [6.07, 6.45) is 3.17. The van der Waals surface area contributed by atoms with E-state index in [4.69, 9.17) is 4.52 Å². The third kappa shape index (κ3) is 3.89. The number of nitrogens with zero attached hydrogens (tertiary/aromatic N) is 3. The fourth-order valence-electron chi connectivity index (χ4n) is 2.83. The Morgan fingerprint density at radius 3 is 3.00 bits per heavy atom. The van der Waals surface area contributed by atoms with Gasteiger partial charge < -0.3 is 9.84 Å². The maximum Gasteiger partial charge on any atom is 0.231 e. The van der Waals surface area contributed by atoms with Gasteiger partial charge in [-0.05, 0) is 32.0 Å². The molecule has 112 valence electrons. The van der Waals surface area contributed by atoms with Crippen molar-refractivity contribution in [2.45, 2.75) is 31.8 Å². The third-order valence-electron chi connectivity index (χ3n) is 3.99. The van der Waals surface area contributed by atoms with Crippen LogP contribution in [-0.4, -0.2) is 41.2 Å². The van der Waals surface area contributed by atoms with Crippen molar-refractivity contribution in [3.63, 3.8) is 0 Å². The minimum atomic E-state index is 0.578. The molecule has 0 bridgehead atoms. The van der Waals surface area contributed by atoms with Crippen LogP contribution in [0, 0.1) is 0 Å². The van der Waals surface area contributed by atoms with E-state index in [-0.39, 0.29) is 0 Å². The largest absolute Gasteiger partial charge is 0.339 e. The summed E-state index contributed by atoms with van der Waals surface area (Å²) in [5, 5.41) is 7.46. The molecule has 1 unspecified atom stereocenters. The summed E-state index contributed by atoms with van der Waals surface area (Å²) in [4.78, 5) is 6.90. The molecule has 2 aromatic rings. The number of aromatic nitrogens is 2. The molecular formula is C16H22N4O. The topological polar surface area (TPSA) is 54.2 Å². The van der Waals surface area contributed by atoms with Crippen molar-refractivity contribution in [2.24, 2.45) is 0 Å². The van der Waals surface area contributed by atoms with Crippen LogP contribution in [-0.2, 0) is 13.0 Å². The van der Waals surface area contributed by atoms with Gasteiger partial charge in [-0.3, -0.25) is 4.90 Å². The van der Waals surface area contributed by atoms with E-state index in [2.05, 4.69) is 32.5 Å². The monoisotopic (exact) mass is 286 g/mol. The number of likely N-dealkylation sites (N-methyl/N-ethyl adjacent to an activating group) is 1. The number of rotatable bonds is 5. The van der Waals surface area contributed by atoms with Crippen molar-refractivity contribution in [1.82, 2.24) is 20.4 Å². The standard InChI is InChI=1S/C16H22N4O/c1-17-14-8-5-9-20(11-14)12-15-18-16(21-19-15)10-13-6-3-2-4-7-13/h2-4,6-7,14,17H,5,8-12H2,1H3. The van der Waals surface area contributed by atoms with Gasteiger partial charge in [-0.2, -0.15) is 4.98 Å². The Balaban J connectivity index is 1.57. The van der Waals surface area contributed by atoms with Crippen molar-refractivity contribution in [1.29, 1.82) is 0 Å². The zero-order valence-electron chi connectivity index (χ0n) is 12.5. The van der Waals surface area contributed by atoms with Gasteiger partial charge in [-0.15, -0.1) is 0 Å². The van der Waals surface area contributed by atoms with E-state index < -0.39 is 0 Å². The number of piperidine rings is 1. The van der Waals surface area contributed by atoms with Crippen molar-refractivity contribution in [3.05, 3.63) is 47.6 Å².